The molecule has 1 aromatic rings. The molecule has 1 aromatic carbocycles. The van der Waals surface area contributed by atoms with E-state index in [0.717, 1.165) is 19.4 Å². The van der Waals surface area contributed by atoms with Crippen molar-refractivity contribution in [3.05, 3.63) is 48.0 Å². The number of nitrogens with zero attached hydrogens (tertiary/aromatic N) is 1. The molecule has 3 atom stereocenters. The van der Waals surface area contributed by atoms with Gasteiger partial charge in [0.05, 0.1) is 6.04 Å². The van der Waals surface area contributed by atoms with Crippen molar-refractivity contribution in [2.45, 2.75) is 31.5 Å². The van der Waals surface area contributed by atoms with Crippen LogP contribution in [0.1, 0.15) is 18.4 Å². The summed E-state index contributed by atoms with van der Waals surface area (Å²) in [6.45, 7) is 0.981. The second kappa shape index (κ2) is 5.27. The SMILES string of the molecule is O=C1C=C[C@@H]2C[C@H](CCO)[C@H]1N2Cc1ccccc1. The van der Waals surface area contributed by atoms with E-state index in [1.54, 1.807) is 6.08 Å². The third kappa shape index (κ3) is 2.36. The molecule has 3 nitrogen and oxygen atoms in total. The van der Waals surface area contributed by atoms with Crippen molar-refractivity contribution in [3.8, 4) is 0 Å². The summed E-state index contributed by atoms with van der Waals surface area (Å²) in [4.78, 5) is 14.4. The summed E-state index contributed by atoms with van der Waals surface area (Å²) in [5.41, 5.74) is 1.24. The molecule has 0 aromatic heterocycles. The van der Waals surface area contributed by atoms with Crippen LogP contribution in [0.4, 0.5) is 0 Å². The topological polar surface area (TPSA) is 40.5 Å². The van der Waals surface area contributed by atoms with Crippen LogP contribution < -0.4 is 0 Å². The van der Waals surface area contributed by atoms with Crippen molar-refractivity contribution >= 4 is 5.78 Å². The van der Waals surface area contributed by atoms with Gasteiger partial charge in [0.2, 0.25) is 0 Å². The lowest BCUT2D eigenvalue weighted by Gasteiger charge is -2.31. The van der Waals surface area contributed by atoms with Crippen molar-refractivity contribution in [1.29, 1.82) is 0 Å². The highest BCUT2D eigenvalue weighted by Crippen LogP contribution is 2.37. The van der Waals surface area contributed by atoms with E-state index < -0.39 is 0 Å². The standard InChI is InChI=1S/C16H19NO2/c18-9-8-13-10-14-6-7-15(19)16(13)17(14)11-12-4-2-1-3-5-12/h1-7,13-14,16,18H,8-11H2/t13-,14+,16+/m0/s1. The first-order valence-corrected chi connectivity index (χ1v) is 6.92. The monoisotopic (exact) mass is 257 g/mol. The number of aliphatic hydroxyl groups excluding tert-OH is 1. The average molecular weight is 257 g/mol. The van der Waals surface area contributed by atoms with Gasteiger partial charge in [-0.3, -0.25) is 9.69 Å². The number of aliphatic hydroxyl groups is 1. The molecule has 0 amide bonds. The van der Waals surface area contributed by atoms with E-state index in [9.17, 15) is 4.79 Å². The lowest BCUT2D eigenvalue weighted by Crippen LogP contribution is -2.44. The molecular weight excluding hydrogens is 238 g/mol. The molecule has 2 heterocycles. The van der Waals surface area contributed by atoms with Gasteiger partial charge in [-0.1, -0.05) is 36.4 Å². The van der Waals surface area contributed by atoms with E-state index >= 15 is 0 Å². The van der Waals surface area contributed by atoms with Crippen molar-refractivity contribution in [2.24, 2.45) is 5.92 Å². The first kappa shape index (κ1) is 12.6. The summed E-state index contributed by atoms with van der Waals surface area (Å²) in [6.07, 6.45) is 5.47. The fourth-order valence-electron chi connectivity index (χ4n) is 3.39. The van der Waals surface area contributed by atoms with Crippen LogP contribution in [0.5, 0.6) is 0 Å². The van der Waals surface area contributed by atoms with E-state index in [4.69, 9.17) is 5.11 Å². The summed E-state index contributed by atoms with van der Waals surface area (Å²) in [5.74, 6) is 0.490. The minimum Gasteiger partial charge on any atom is -0.396 e. The van der Waals surface area contributed by atoms with Crippen LogP contribution in [0.25, 0.3) is 0 Å². The van der Waals surface area contributed by atoms with Gasteiger partial charge in [-0.2, -0.15) is 0 Å². The molecule has 100 valence electrons. The zero-order valence-electron chi connectivity index (χ0n) is 10.9. The average Bonchev–Trinajstić information content (AvgIpc) is 2.66. The van der Waals surface area contributed by atoms with Gasteiger partial charge in [0, 0.05) is 19.2 Å². The molecule has 1 N–H and O–H groups in total. The fourth-order valence-corrected chi connectivity index (χ4v) is 3.39. The van der Waals surface area contributed by atoms with Gasteiger partial charge >= 0.3 is 0 Å². The Balaban J connectivity index is 1.81. The molecule has 19 heavy (non-hydrogen) atoms. The Morgan fingerprint density at radius 3 is 2.79 bits per heavy atom. The van der Waals surface area contributed by atoms with E-state index in [-0.39, 0.29) is 18.4 Å². The third-order valence-electron chi connectivity index (χ3n) is 4.26. The second-order valence-electron chi connectivity index (χ2n) is 5.44. The van der Waals surface area contributed by atoms with Crippen LogP contribution in [0.2, 0.25) is 0 Å². The van der Waals surface area contributed by atoms with Gasteiger partial charge in [-0.25, -0.2) is 0 Å². The van der Waals surface area contributed by atoms with Crippen LogP contribution in [-0.4, -0.2) is 34.5 Å². The van der Waals surface area contributed by atoms with E-state index in [1.165, 1.54) is 5.56 Å². The molecule has 1 saturated heterocycles. The highest BCUT2D eigenvalue weighted by atomic mass is 16.3. The number of rotatable bonds is 4. The summed E-state index contributed by atoms with van der Waals surface area (Å²) in [5, 5.41) is 9.16. The number of hydrogen-bond acceptors (Lipinski definition) is 3. The van der Waals surface area contributed by atoms with E-state index in [2.05, 4.69) is 17.0 Å². The molecule has 3 rings (SSSR count). The molecule has 2 bridgehead atoms. The molecule has 0 aliphatic carbocycles. The minimum atomic E-state index is -0.0395. The van der Waals surface area contributed by atoms with Crippen molar-refractivity contribution in [3.63, 3.8) is 0 Å². The largest absolute Gasteiger partial charge is 0.396 e. The van der Waals surface area contributed by atoms with Crippen LogP contribution in [0.15, 0.2) is 42.5 Å². The molecule has 0 saturated carbocycles. The molecule has 0 radical (unpaired) electrons. The summed E-state index contributed by atoms with van der Waals surface area (Å²) in [6, 6.07) is 10.6. The first-order chi connectivity index (χ1) is 9.29. The van der Waals surface area contributed by atoms with Crippen molar-refractivity contribution in [1.82, 2.24) is 4.90 Å². The van der Waals surface area contributed by atoms with Gasteiger partial charge in [0.25, 0.3) is 0 Å². The van der Waals surface area contributed by atoms with Crippen LogP contribution in [-0.2, 0) is 11.3 Å². The van der Waals surface area contributed by atoms with E-state index in [0.29, 0.717) is 12.0 Å². The number of hydrogen-bond donors (Lipinski definition) is 1. The molecular formula is C16H19NO2. The molecule has 0 unspecified atom stereocenters. The Hall–Kier alpha value is -1.45. The summed E-state index contributed by atoms with van der Waals surface area (Å²) in [7, 11) is 0. The zero-order chi connectivity index (χ0) is 13.2. The lowest BCUT2D eigenvalue weighted by atomic mass is 9.94. The summed E-state index contributed by atoms with van der Waals surface area (Å²) < 4.78 is 0. The third-order valence-corrected chi connectivity index (χ3v) is 4.26. The Labute approximate surface area is 113 Å². The Bertz CT molecular complexity index is 483. The maximum absolute atomic E-state index is 12.1. The Kier molecular flexibility index (Phi) is 3.49. The Morgan fingerprint density at radius 1 is 1.26 bits per heavy atom. The lowest BCUT2D eigenvalue weighted by molar-refractivity contribution is -0.121. The zero-order valence-corrected chi connectivity index (χ0v) is 10.9. The molecule has 1 fully saturated rings. The van der Waals surface area contributed by atoms with Crippen molar-refractivity contribution < 1.29 is 9.90 Å². The molecule has 3 heteroatoms. The number of carbonyl (C=O) groups excluding carboxylic acids is 1. The van der Waals surface area contributed by atoms with Gasteiger partial charge in [0.1, 0.15) is 0 Å². The van der Waals surface area contributed by atoms with Gasteiger partial charge in [-0.05, 0) is 30.4 Å². The minimum absolute atomic E-state index is 0.0395. The van der Waals surface area contributed by atoms with Gasteiger partial charge in [-0.15, -0.1) is 0 Å². The second-order valence-corrected chi connectivity index (χ2v) is 5.44. The molecule has 2 aliphatic heterocycles. The smallest absolute Gasteiger partial charge is 0.172 e. The highest BCUT2D eigenvalue weighted by molar-refractivity contribution is 5.96. The van der Waals surface area contributed by atoms with Crippen LogP contribution in [0, 0.1) is 5.92 Å². The maximum Gasteiger partial charge on any atom is 0.172 e. The van der Waals surface area contributed by atoms with Gasteiger partial charge < -0.3 is 5.11 Å². The Morgan fingerprint density at radius 2 is 2.05 bits per heavy atom. The summed E-state index contributed by atoms with van der Waals surface area (Å²) >= 11 is 0. The normalized spacial score (nSPS) is 29.9. The predicted octanol–water partition coefficient (Wildman–Crippen LogP) is 1.77. The van der Waals surface area contributed by atoms with Gasteiger partial charge in [0.15, 0.2) is 5.78 Å². The van der Waals surface area contributed by atoms with Crippen molar-refractivity contribution in [2.75, 3.05) is 6.61 Å². The van der Waals surface area contributed by atoms with Crippen LogP contribution in [0.3, 0.4) is 0 Å². The number of benzene rings is 1. The number of fused-ring (bicyclic) bond motifs is 2. The fraction of sp³-hybridized carbons (Fsp3) is 0.438. The van der Waals surface area contributed by atoms with Crippen LogP contribution >= 0.6 is 0 Å². The first-order valence-electron chi connectivity index (χ1n) is 6.92. The molecule has 2 aliphatic rings. The predicted molar refractivity (Wildman–Crippen MR) is 73.5 cm³/mol. The quantitative estimate of drug-likeness (QED) is 0.893. The maximum atomic E-state index is 12.1. The highest BCUT2D eigenvalue weighted by Gasteiger charge is 2.44. The number of carbonyl (C=O) groups is 1. The van der Waals surface area contributed by atoms with E-state index in [1.807, 2.05) is 24.3 Å². The molecule has 0 spiro atoms. The number of ketones is 1.